The number of rotatable bonds is 5. The van der Waals surface area contributed by atoms with E-state index >= 15 is 0 Å². The van der Waals surface area contributed by atoms with E-state index in [1.807, 2.05) is 42.5 Å². The highest BCUT2D eigenvalue weighted by molar-refractivity contribution is 6.30. The number of aromatic amines is 1. The van der Waals surface area contributed by atoms with Crippen molar-refractivity contribution in [3.8, 4) is 0 Å². The highest BCUT2D eigenvalue weighted by Crippen LogP contribution is 2.38. The van der Waals surface area contributed by atoms with Crippen molar-refractivity contribution in [1.82, 2.24) is 15.1 Å². The van der Waals surface area contributed by atoms with E-state index in [9.17, 15) is 9.59 Å². The van der Waals surface area contributed by atoms with Gasteiger partial charge in [0.1, 0.15) is 6.54 Å². The number of carbonyl (C=O) groups excluding carboxylic acids is 1. The van der Waals surface area contributed by atoms with Crippen LogP contribution < -0.4 is 10.9 Å². The molecule has 0 aliphatic heterocycles. The van der Waals surface area contributed by atoms with Crippen molar-refractivity contribution in [3.05, 3.63) is 69.5 Å². The molecule has 1 saturated carbocycles. The van der Waals surface area contributed by atoms with Crippen LogP contribution in [0.3, 0.4) is 0 Å². The molecular formula is C19H18ClN3O2. The summed E-state index contributed by atoms with van der Waals surface area (Å²) >= 11 is 5.92. The number of nitrogens with zero attached hydrogens (tertiary/aromatic N) is 1. The molecule has 0 saturated heterocycles. The second kappa shape index (κ2) is 6.08. The van der Waals surface area contributed by atoms with Crippen LogP contribution in [-0.2, 0) is 17.8 Å². The molecule has 2 aromatic carbocycles. The molecule has 128 valence electrons. The Hall–Kier alpha value is -2.53. The first-order chi connectivity index (χ1) is 12.0. The van der Waals surface area contributed by atoms with Gasteiger partial charge in [0.2, 0.25) is 5.91 Å². The van der Waals surface area contributed by atoms with Gasteiger partial charge in [-0.25, -0.2) is 4.68 Å². The Bertz CT molecular complexity index is 984. The predicted octanol–water partition coefficient (Wildman–Crippen LogP) is 2.87. The van der Waals surface area contributed by atoms with E-state index in [-0.39, 0.29) is 23.6 Å². The number of H-pyrrole nitrogens is 1. The SMILES string of the molecule is O=C(Cn1[nH]c2ccccc2c1=O)NC1(Cc2ccc(Cl)cc2)CC1. The van der Waals surface area contributed by atoms with Crippen LogP contribution in [-0.4, -0.2) is 21.2 Å². The third kappa shape index (κ3) is 3.33. The maximum absolute atomic E-state index is 12.4. The number of halogens is 1. The molecule has 1 amide bonds. The van der Waals surface area contributed by atoms with Crippen LogP contribution in [0.1, 0.15) is 18.4 Å². The standard InChI is InChI=1S/C19H18ClN3O2/c20-14-7-5-13(6-8-14)11-19(9-10-19)21-17(24)12-23-18(25)15-3-1-2-4-16(15)22-23/h1-8,22H,9-12H2,(H,21,24). The number of nitrogens with one attached hydrogen (secondary N) is 2. The number of amides is 1. The largest absolute Gasteiger partial charge is 0.349 e. The second-order valence-electron chi connectivity index (χ2n) is 6.68. The summed E-state index contributed by atoms with van der Waals surface area (Å²) in [6, 6.07) is 14.9. The second-order valence-corrected chi connectivity index (χ2v) is 7.12. The molecule has 0 radical (unpaired) electrons. The normalized spacial score (nSPS) is 15.2. The molecule has 5 nitrogen and oxygen atoms in total. The Morgan fingerprint density at radius 2 is 1.88 bits per heavy atom. The maximum Gasteiger partial charge on any atom is 0.274 e. The molecule has 1 aromatic heterocycles. The Kier molecular flexibility index (Phi) is 3.88. The maximum atomic E-state index is 12.4. The van der Waals surface area contributed by atoms with Crippen LogP contribution in [0.4, 0.5) is 0 Å². The zero-order chi connectivity index (χ0) is 17.4. The summed E-state index contributed by atoms with van der Waals surface area (Å²) < 4.78 is 1.36. The van der Waals surface area contributed by atoms with Crippen molar-refractivity contribution in [1.29, 1.82) is 0 Å². The summed E-state index contributed by atoms with van der Waals surface area (Å²) in [6.45, 7) is -0.00409. The van der Waals surface area contributed by atoms with E-state index in [4.69, 9.17) is 11.6 Å². The van der Waals surface area contributed by atoms with Gasteiger partial charge in [0.25, 0.3) is 5.56 Å². The third-order valence-corrected chi connectivity index (χ3v) is 4.93. The molecule has 0 unspecified atom stereocenters. The molecule has 1 heterocycles. The average Bonchev–Trinajstić information content (AvgIpc) is 3.27. The van der Waals surface area contributed by atoms with Crippen molar-refractivity contribution < 1.29 is 4.79 Å². The average molecular weight is 356 g/mol. The summed E-state index contributed by atoms with van der Waals surface area (Å²) in [5.74, 6) is -0.153. The predicted molar refractivity (Wildman–Crippen MR) is 97.8 cm³/mol. The van der Waals surface area contributed by atoms with Gasteiger partial charge in [-0.15, -0.1) is 0 Å². The fourth-order valence-corrected chi connectivity index (χ4v) is 3.31. The first-order valence-corrected chi connectivity index (χ1v) is 8.66. The highest BCUT2D eigenvalue weighted by Gasteiger charge is 2.43. The molecule has 25 heavy (non-hydrogen) atoms. The number of hydrogen-bond acceptors (Lipinski definition) is 2. The lowest BCUT2D eigenvalue weighted by Gasteiger charge is -2.17. The first kappa shape index (κ1) is 16.0. The molecule has 1 fully saturated rings. The zero-order valence-corrected chi connectivity index (χ0v) is 14.3. The summed E-state index contributed by atoms with van der Waals surface area (Å²) in [5.41, 5.74) is 1.52. The van der Waals surface area contributed by atoms with Gasteiger partial charge in [-0.3, -0.25) is 14.7 Å². The smallest absolute Gasteiger partial charge is 0.274 e. The molecule has 0 spiro atoms. The lowest BCUT2D eigenvalue weighted by molar-refractivity contribution is -0.122. The van der Waals surface area contributed by atoms with Crippen LogP contribution in [0, 0.1) is 0 Å². The number of aromatic nitrogens is 2. The van der Waals surface area contributed by atoms with Gasteiger partial charge >= 0.3 is 0 Å². The highest BCUT2D eigenvalue weighted by atomic mass is 35.5. The molecule has 0 bridgehead atoms. The molecular weight excluding hydrogens is 338 g/mol. The topological polar surface area (TPSA) is 66.9 Å². The van der Waals surface area contributed by atoms with E-state index in [0.29, 0.717) is 10.4 Å². The minimum Gasteiger partial charge on any atom is -0.349 e. The van der Waals surface area contributed by atoms with E-state index < -0.39 is 0 Å². The lowest BCUT2D eigenvalue weighted by Crippen LogP contribution is -2.41. The Morgan fingerprint density at radius 1 is 1.16 bits per heavy atom. The van der Waals surface area contributed by atoms with E-state index in [1.165, 1.54) is 4.68 Å². The summed E-state index contributed by atoms with van der Waals surface area (Å²) in [6.07, 6.45) is 2.67. The summed E-state index contributed by atoms with van der Waals surface area (Å²) in [4.78, 5) is 24.7. The van der Waals surface area contributed by atoms with Gasteiger partial charge in [0.15, 0.2) is 0 Å². The number of benzene rings is 2. The monoisotopic (exact) mass is 355 g/mol. The van der Waals surface area contributed by atoms with Crippen molar-refractivity contribution in [2.24, 2.45) is 0 Å². The summed E-state index contributed by atoms with van der Waals surface area (Å²) in [7, 11) is 0. The van der Waals surface area contributed by atoms with Crippen LogP contribution >= 0.6 is 11.6 Å². The Morgan fingerprint density at radius 3 is 2.56 bits per heavy atom. The van der Waals surface area contributed by atoms with E-state index in [1.54, 1.807) is 6.07 Å². The molecule has 6 heteroatoms. The van der Waals surface area contributed by atoms with E-state index in [2.05, 4.69) is 10.4 Å². The van der Waals surface area contributed by atoms with E-state index in [0.717, 1.165) is 30.3 Å². The first-order valence-electron chi connectivity index (χ1n) is 8.28. The number of para-hydroxylation sites is 1. The van der Waals surface area contributed by atoms with Crippen molar-refractivity contribution in [3.63, 3.8) is 0 Å². The molecule has 2 N–H and O–H groups in total. The molecule has 1 aliphatic carbocycles. The van der Waals surface area contributed by atoms with Gasteiger partial charge in [0, 0.05) is 10.6 Å². The Balaban J connectivity index is 1.45. The van der Waals surface area contributed by atoms with Gasteiger partial charge in [0.05, 0.1) is 10.9 Å². The summed E-state index contributed by atoms with van der Waals surface area (Å²) in [5, 5.41) is 7.38. The van der Waals surface area contributed by atoms with Gasteiger partial charge in [-0.1, -0.05) is 35.9 Å². The van der Waals surface area contributed by atoms with Gasteiger partial charge < -0.3 is 5.32 Å². The number of hydrogen-bond donors (Lipinski definition) is 2. The van der Waals surface area contributed by atoms with Crippen molar-refractivity contribution in [2.75, 3.05) is 0 Å². The molecule has 4 rings (SSSR count). The molecule has 1 aliphatic rings. The van der Waals surface area contributed by atoms with Crippen LogP contribution in [0.25, 0.3) is 10.9 Å². The minimum atomic E-state index is -0.194. The molecule has 3 aromatic rings. The zero-order valence-electron chi connectivity index (χ0n) is 13.6. The van der Waals surface area contributed by atoms with Gasteiger partial charge in [-0.2, -0.15) is 0 Å². The fraction of sp³-hybridized carbons (Fsp3) is 0.263. The lowest BCUT2D eigenvalue weighted by atomic mass is 10.0. The third-order valence-electron chi connectivity index (χ3n) is 4.67. The Labute approximate surface area is 149 Å². The number of carbonyl (C=O) groups is 1. The van der Waals surface area contributed by atoms with Crippen molar-refractivity contribution >= 4 is 28.4 Å². The quantitative estimate of drug-likeness (QED) is 0.739. The van der Waals surface area contributed by atoms with Crippen LogP contribution in [0.5, 0.6) is 0 Å². The van der Waals surface area contributed by atoms with Crippen LogP contribution in [0.2, 0.25) is 5.02 Å². The van der Waals surface area contributed by atoms with Crippen molar-refractivity contribution in [2.45, 2.75) is 31.3 Å². The minimum absolute atomic E-state index is 0.00409. The molecule has 0 atom stereocenters. The van der Waals surface area contributed by atoms with Gasteiger partial charge in [-0.05, 0) is 49.1 Å². The fourth-order valence-electron chi connectivity index (χ4n) is 3.19. The van der Waals surface area contributed by atoms with Crippen LogP contribution in [0.15, 0.2) is 53.3 Å². The number of fused-ring (bicyclic) bond motifs is 1.